The highest BCUT2D eigenvalue weighted by Crippen LogP contribution is 2.10. The smallest absolute Gasteiger partial charge is 0.317 e. The van der Waals surface area contributed by atoms with Crippen LogP contribution in [0.1, 0.15) is 5.56 Å². The first-order valence-corrected chi connectivity index (χ1v) is 5.04. The molecule has 0 saturated heterocycles. The van der Waals surface area contributed by atoms with Crippen LogP contribution >= 0.6 is 0 Å². The van der Waals surface area contributed by atoms with Crippen molar-refractivity contribution >= 4 is 6.03 Å². The van der Waals surface area contributed by atoms with Gasteiger partial charge in [0.2, 0.25) is 0 Å². The minimum atomic E-state index is -0.360. The lowest BCUT2D eigenvalue weighted by molar-refractivity contribution is 0.219. The highest BCUT2D eigenvalue weighted by atomic mass is 16.5. The molecule has 0 spiro atoms. The highest BCUT2D eigenvalue weighted by Gasteiger charge is 1.98. The third-order valence-electron chi connectivity index (χ3n) is 1.89. The van der Waals surface area contributed by atoms with Crippen molar-refractivity contribution in [3.8, 4) is 5.75 Å². The fraction of sp³-hybridized carbons (Fsp3) is 0.364. The molecule has 2 amide bonds. The molecule has 1 aromatic rings. The minimum Gasteiger partial charge on any atom is -0.473 e. The predicted molar refractivity (Wildman–Crippen MR) is 60.3 cm³/mol. The first kappa shape index (κ1) is 12.3. The van der Waals surface area contributed by atoms with Gasteiger partial charge in [-0.2, -0.15) is 0 Å². The summed E-state index contributed by atoms with van der Waals surface area (Å²) in [6.07, 6.45) is 0. The number of carbonyl (C=O) groups excluding carboxylic acids is 1. The number of aryl methyl sites for hydroxylation is 1. The molecular formula is C11H16N2O3. The largest absolute Gasteiger partial charge is 0.473 e. The normalized spacial score (nSPS) is 9.62. The zero-order valence-corrected chi connectivity index (χ0v) is 9.19. The fourth-order valence-electron chi connectivity index (χ4n) is 1.05. The second-order valence-corrected chi connectivity index (χ2v) is 3.26. The number of aliphatic hydroxyl groups is 1. The zero-order chi connectivity index (χ0) is 11.8. The summed E-state index contributed by atoms with van der Waals surface area (Å²) >= 11 is 0. The lowest BCUT2D eigenvalue weighted by Gasteiger charge is -2.08. The van der Waals surface area contributed by atoms with Gasteiger partial charge < -0.3 is 20.5 Å². The van der Waals surface area contributed by atoms with Crippen LogP contribution in [0, 0.1) is 6.92 Å². The van der Waals surface area contributed by atoms with Gasteiger partial charge in [0.15, 0.2) is 6.73 Å². The Morgan fingerprint density at radius 1 is 1.31 bits per heavy atom. The molecule has 5 heteroatoms. The van der Waals surface area contributed by atoms with Crippen LogP contribution in [0.2, 0.25) is 0 Å². The molecule has 0 aliphatic rings. The Hall–Kier alpha value is -1.75. The Kier molecular flexibility index (Phi) is 5.15. The van der Waals surface area contributed by atoms with Gasteiger partial charge in [0.25, 0.3) is 0 Å². The van der Waals surface area contributed by atoms with Crippen LogP contribution in [0.15, 0.2) is 24.3 Å². The summed E-state index contributed by atoms with van der Waals surface area (Å²) in [6.45, 7) is 2.24. The van der Waals surface area contributed by atoms with Crippen molar-refractivity contribution in [2.45, 2.75) is 6.92 Å². The van der Waals surface area contributed by atoms with Gasteiger partial charge >= 0.3 is 6.03 Å². The van der Waals surface area contributed by atoms with E-state index in [9.17, 15) is 4.79 Å². The maximum absolute atomic E-state index is 11.0. The van der Waals surface area contributed by atoms with E-state index in [0.29, 0.717) is 5.75 Å². The molecule has 0 aliphatic carbocycles. The Balaban J connectivity index is 2.20. The molecule has 16 heavy (non-hydrogen) atoms. The van der Waals surface area contributed by atoms with Gasteiger partial charge in [-0.15, -0.1) is 0 Å². The van der Waals surface area contributed by atoms with Crippen LogP contribution in [0.3, 0.4) is 0 Å². The lowest BCUT2D eigenvalue weighted by Crippen LogP contribution is -2.38. The molecule has 5 nitrogen and oxygen atoms in total. The molecule has 0 unspecified atom stereocenters. The van der Waals surface area contributed by atoms with E-state index in [-0.39, 0.29) is 25.9 Å². The number of benzene rings is 1. The first-order chi connectivity index (χ1) is 7.72. The molecule has 0 fully saturated rings. The van der Waals surface area contributed by atoms with Crippen molar-refractivity contribution in [1.82, 2.24) is 10.6 Å². The number of urea groups is 1. The standard InChI is InChI=1S/C11H16N2O3/c1-9-2-4-10(5-3-9)16-8-13-11(15)12-6-7-14/h2-5,14H,6-8H2,1H3,(H2,12,13,15). The number of aliphatic hydroxyl groups excluding tert-OH is 1. The van der Waals surface area contributed by atoms with E-state index in [1.54, 1.807) is 0 Å². The molecule has 0 aliphatic heterocycles. The average Bonchev–Trinajstić information content (AvgIpc) is 2.29. The topological polar surface area (TPSA) is 70.6 Å². The van der Waals surface area contributed by atoms with E-state index in [0.717, 1.165) is 5.56 Å². The van der Waals surface area contributed by atoms with E-state index in [1.807, 2.05) is 31.2 Å². The molecule has 0 bridgehead atoms. The average molecular weight is 224 g/mol. The summed E-state index contributed by atoms with van der Waals surface area (Å²) < 4.78 is 5.28. The maximum Gasteiger partial charge on any atom is 0.317 e. The van der Waals surface area contributed by atoms with Crippen LogP contribution in [0.5, 0.6) is 5.75 Å². The molecular weight excluding hydrogens is 208 g/mol. The van der Waals surface area contributed by atoms with E-state index < -0.39 is 0 Å². The molecule has 0 saturated carbocycles. The molecule has 1 rings (SSSR count). The summed E-state index contributed by atoms with van der Waals surface area (Å²) in [5, 5.41) is 13.4. The van der Waals surface area contributed by atoms with Crippen LogP contribution in [0.4, 0.5) is 4.79 Å². The van der Waals surface area contributed by atoms with E-state index >= 15 is 0 Å². The Labute approximate surface area is 94.4 Å². The van der Waals surface area contributed by atoms with Crippen LogP contribution in [-0.2, 0) is 0 Å². The Morgan fingerprint density at radius 3 is 2.62 bits per heavy atom. The Morgan fingerprint density at radius 2 is 2.00 bits per heavy atom. The monoisotopic (exact) mass is 224 g/mol. The molecule has 3 N–H and O–H groups in total. The van der Waals surface area contributed by atoms with Crippen LogP contribution in [0.25, 0.3) is 0 Å². The van der Waals surface area contributed by atoms with Crippen molar-refractivity contribution < 1.29 is 14.6 Å². The third-order valence-corrected chi connectivity index (χ3v) is 1.89. The van der Waals surface area contributed by atoms with E-state index in [2.05, 4.69) is 10.6 Å². The second kappa shape index (κ2) is 6.68. The van der Waals surface area contributed by atoms with Crippen molar-refractivity contribution in [1.29, 1.82) is 0 Å². The quantitative estimate of drug-likeness (QED) is 0.642. The van der Waals surface area contributed by atoms with Crippen molar-refractivity contribution in [3.63, 3.8) is 0 Å². The number of hydrogen-bond donors (Lipinski definition) is 3. The first-order valence-electron chi connectivity index (χ1n) is 5.04. The van der Waals surface area contributed by atoms with Gasteiger partial charge in [-0.1, -0.05) is 17.7 Å². The number of amides is 2. The van der Waals surface area contributed by atoms with Crippen molar-refractivity contribution in [3.05, 3.63) is 29.8 Å². The van der Waals surface area contributed by atoms with Gasteiger partial charge in [-0.3, -0.25) is 0 Å². The van der Waals surface area contributed by atoms with Gasteiger partial charge in [0, 0.05) is 6.54 Å². The van der Waals surface area contributed by atoms with Gasteiger partial charge in [-0.05, 0) is 19.1 Å². The third kappa shape index (κ3) is 4.65. The van der Waals surface area contributed by atoms with Crippen molar-refractivity contribution in [2.24, 2.45) is 0 Å². The van der Waals surface area contributed by atoms with Crippen LogP contribution < -0.4 is 15.4 Å². The number of rotatable bonds is 5. The summed E-state index contributed by atoms with van der Waals surface area (Å²) in [6, 6.07) is 7.18. The second-order valence-electron chi connectivity index (χ2n) is 3.26. The summed E-state index contributed by atoms with van der Waals surface area (Å²) in [5.41, 5.74) is 1.15. The van der Waals surface area contributed by atoms with Crippen LogP contribution in [-0.4, -0.2) is 31.0 Å². The number of nitrogens with one attached hydrogen (secondary N) is 2. The van der Waals surface area contributed by atoms with E-state index in [1.165, 1.54) is 0 Å². The predicted octanol–water partition coefficient (Wildman–Crippen LogP) is 0.623. The maximum atomic E-state index is 11.0. The minimum absolute atomic E-state index is 0.0771. The van der Waals surface area contributed by atoms with Gasteiger partial charge in [-0.25, -0.2) is 4.79 Å². The highest BCUT2D eigenvalue weighted by molar-refractivity contribution is 5.73. The molecule has 0 heterocycles. The van der Waals surface area contributed by atoms with Gasteiger partial charge in [0.05, 0.1) is 6.61 Å². The van der Waals surface area contributed by atoms with Gasteiger partial charge in [0.1, 0.15) is 5.75 Å². The Bertz CT molecular complexity index is 325. The fourth-order valence-corrected chi connectivity index (χ4v) is 1.05. The molecule has 0 atom stereocenters. The summed E-state index contributed by atoms with van der Waals surface area (Å²) in [5.74, 6) is 0.702. The molecule has 0 aromatic heterocycles. The lowest BCUT2D eigenvalue weighted by atomic mass is 10.2. The summed E-state index contributed by atoms with van der Waals surface area (Å²) in [4.78, 5) is 11.0. The number of carbonyl (C=O) groups is 1. The number of hydrogen-bond acceptors (Lipinski definition) is 3. The SMILES string of the molecule is Cc1ccc(OCNC(=O)NCCO)cc1. The number of ether oxygens (including phenoxy) is 1. The molecule has 0 radical (unpaired) electrons. The van der Waals surface area contributed by atoms with Crippen molar-refractivity contribution in [2.75, 3.05) is 19.9 Å². The zero-order valence-electron chi connectivity index (χ0n) is 9.19. The molecule has 1 aromatic carbocycles. The summed E-state index contributed by atoms with van der Waals surface area (Å²) in [7, 11) is 0. The molecule has 88 valence electrons. The van der Waals surface area contributed by atoms with E-state index in [4.69, 9.17) is 9.84 Å².